The number of rotatable bonds is 8. The molecule has 2 aromatic rings. The van der Waals surface area contributed by atoms with E-state index in [1.165, 1.54) is 5.56 Å². The third-order valence-electron chi connectivity index (χ3n) is 4.56. The number of carbonyl (C=O) groups excluding carboxylic acids is 1. The molecule has 1 fully saturated rings. The first-order valence-corrected chi connectivity index (χ1v) is 10.5. The molecule has 1 amide bonds. The number of carbonyl (C=O) groups is 1. The lowest BCUT2D eigenvalue weighted by Crippen LogP contribution is -2.26. The molecule has 1 heterocycles. The molecular formula is C20H24N2O3S. The number of nitrogens with one attached hydrogen (secondary N) is 1. The normalized spacial score (nSPS) is 14.8. The molecule has 0 aromatic heterocycles. The number of benzene rings is 2. The molecule has 1 N–H and O–H groups in total. The fraction of sp³-hybridized carbons (Fsp3) is 0.350. The van der Waals surface area contributed by atoms with Crippen molar-refractivity contribution >= 4 is 21.6 Å². The number of hydrogen-bond donors (Lipinski definition) is 1. The SMILES string of the molecule is O=C1CCCN1c1ccc(S(=O)(=O)NCCCCc2ccccc2)cc1. The van der Waals surface area contributed by atoms with Crippen LogP contribution >= 0.6 is 0 Å². The second-order valence-corrected chi connectivity index (χ2v) is 8.25. The maximum atomic E-state index is 12.4. The summed E-state index contributed by atoms with van der Waals surface area (Å²) in [5.74, 6) is 0.0946. The van der Waals surface area contributed by atoms with E-state index in [1.54, 1.807) is 29.2 Å². The van der Waals surface area contributed by atoms with Gasteiger partial charge < -0.3 is 4.90 Å². The number of hydrogen-bond acceptors (Lipinski definition) is 3. The number of sulfonamides is 1. The summed E-state index contributed by atoms with van der Waals surface area (Å²) in [6.45, 7) is 1.12. The third kappa shape index (κ3) is 4.71. The molecule has 6 heteroatoms. The minimum Gasteiger partial charge on any atom is -0.312 e. The van der Waals surface area contributed by atoms with Crippen LogP contribution in [0.4, 0.5) is 5.69 Å². The molecule has 5 nitrogen and oxygen atoms in total. The number of nitrogens with zero attached hydrogens (tertiary/aromatic N) is 1. The molecule has 26 heavy (non-hydrogen) atoms. The van der Waals surface area contributed by atoms with Gasteiger partial charge in [-0.15, -0.1) is 0 Å². The Morgan fingerprint density at radius 2 is 1.69 bits per heavy atom. The zero-order chi connectivity index (χ0) is 18.4. The van der Waals surface area contributed by atoms with Gasteiger partial charge >= 0.3 is 0 Å². The molecule has 1 aliphatic rings. The molecule has 0 atom stereocenters. The number of amides is 1. The van der Waals surface area contributed by atoms with Crippen LogP contribution in [-0.4, -0.2) is 27.4 Å². The Bertz CT molecular complexity index is 833. The van der Waals surface area contributed by atoms with Crippen LogP contribution in [-0.2, 0) is 21.2 Å². The highest BCUT2D eigenvalue weighted by Gasteiger charge is 2.22. The molecule has 1 saturated heterocycles. The van der Waals surface area contributed by atoms with Crippen molar-refractivity contribution in [2.45, 2.75) is 37.0 Å². The van der Waals surface area contributed by atoms with Crippen LogP contribution < -0.4 is 9.62 Å². The number of unbranched alkanes of at least 4 members (excludes halogenated alkanes) is 1. The van der Waals surface area contributed by atoms with Crippen LogP contribution in [0.1, 0.15) is 31.2 Å². The van der Waals surface area contributed by atoms with E-state index in [0.717, 1.165) is 31.4 Å². The van der Waals surface area contributed by atoms with Gasteiger partial charge in [-0.3, -0.25) is 4.79 Å². The highest BCUT2D eigenvalue weighted by atomic mass is 32.2. The van der Waals surface area contributed by atoms with Gasteiger partial charge in [-0.1, -0.05) is 30.3 Å². The molecule has 138 valence electrons. The standard InChI is InChI=1S/C20H24N2O3S/c23-20-10-6-16-22(20)18-11-13-19(14-12-18)26(24,25)21-15-5-4-9-17-7-2-1-3-8-17/h1-3,7-8,11-14,21H,4-6,9-10,15-16H2. The highest BCUT2D eigenvalue weighted by molar-refractivity contribution is 7.89. The summed E-state index contributed by atoms with van der Waals surface area (Å²) in [6, 6.07) is 16.7. The molecule has 2 aromatic carbocycles. The van der Waals surface area contributed by atoms with E-state index in [2.05, 4.69) is 16.9 Å². The van der Waals surface area contributed by atoms with Gasteiger partial charge in [0.05, 0.1) is 4.90 Å². The molecule has 0 radical (unpaired) electrons. The van der Waals surface area contributed by atoms with Crippen LogP contribution in [0, 0.1) is 0 Å². The van der Waals surface area contributed by atoms with Gasteiger partial charge in [0.1, 0.15) is 0 Å². The van der Waals surface area contributed by atoms with Crippen molar-refractivity contribution in [3.8, 4) is 0 Å². The number of aryl methyl sites for hydroxylation is 1. The second kappa shape index (κ2) is 8.47. The minimum atomic E-state index is -3.51. The van der Waals surface area contributed by atoms with Gasteiger partial charge in [-0.05, 0) is 55.5 Å². The third-order valence-corrected chi connectivity index (χ3v) is 6.04. The van der Waals surface area contributed by atoms with Crippen molar-refractivity contribution in [2.75, 3.05) is 18.0 Å². The molecule has 0 spiro atoms. The summed E-state index contributed by atoms with van der Waals surface area (Å²) in [6.07, 6.45) is 4.08. The monoisotopic (exact) mass is 372 g/mol. The average Bonchev–Trinajstić information content (AvgIpc) is 3.08. The maximum absolute atomic E-state index is 12.4. The summed E-state index contributed by atoms with van der Waals surface area (Å²) in [5.41, 5.74) is 2.02. The number of anilines is 1. The molecular weight excluding hydrogens is 348 g/mol. The van der Waals surface area contributed by atoms with E-state index in [0.29, 0.717) is 19.5 Å². The summed E-state index contributed by atoms with van der Waals surface area (Å²) in [5, 5.41) is 0. The fourth-order valence-corrected chi connectivity index (χ4v) is 4.19. The smallest absolute Gasteiger partial charge is 0.240 e. The summed E-state index contributed by atoms with van der Waals surface area (Å²) >= 11 is 0. The van der Waals surface area contributed by atoms with Gasteiger partial charge in [0, 0.05) is 25.2 Å². The van der Waals surface area contributed by atoms with Crippen molar-refractivity contribution in [2.24, 2.45) is 0 Å². The van der Waals surface area contributed by atoms with Crippen LogP contribution in [0.5, 0.6) is 0 Å². The molecule has 0 aliphatic carbocycles. The van der Waals surface area contributed by atoms with E-state index in [9.17, 15) is 13.2 Å². The largest absolute Gasteiger partial charge is 0.312 e. The lowest BCUT2D eigenvalue weighted by Gasteiger charge is -2.16. The predicted octanol–water partition coefficient (Wildman–Crippen LogP) is 3.11. The quantitative estimate of drug-likeness (QED) is 0.724. The fourth-order valence-electron chi connectivity index (χ4n) is 3.12. The van der Waals surface area contributed by atoms with Crippen LogP contribution in [0.2, 0.25) is 0 Å². The summed E-state index contributed by atoms with van der Waals surface area (Å²) in [7, 11) is -3.51. The van der Waals surface area contributed by atoms with Gasteiger partial charge in [0.2, 0.25) is 15.9 Å². The maximum Gasteiger partial charge on any atom is 0.240 e. The van der Waals surface area contributed by atoms with Crippen LogP contribution in [0.3, 0.4) is 0 Å². The molecule has 3 rings (SSSR count). The van der Waals surface area contributed by atoms with Gasteiger partial charge in [0.25, 0.3) is 0 Å². The summed E-state index contributed by atoms with van der Waals surface area (Å²) in [4.78, 5) is 13.7. The lowest BCUT2D eigenvalue weighted by atomic mass is 10.1. The average molecular weight is 372 g/mol. The van der Waals surface area contributed by atoms with Crippen molar-refractivity contribution in [3.63, 3.8) is 0 Å². The first-order chi connectivity index (χ1) is 12.6. The Labute approximate surface area is 155 Å². The van der Waals surface area contributed by atoms with Crippen molar-refractivity contribution in [3.05, 3.63) is 60.2 Å². The molecule has 1 aliphatic heterocycles. The zero-order valence-corrected chi connectivity index (χ0v) is 15.5. The highest BCUT2D eigenvalue weighted by Crippen LogP contribution is 2.22. The van der Waals surface area contributed by atoms with Gasteiger partial charge in [0.15, 0.2) is 0 Å². The van der Waals surface area contributed by atoms with E-state index < -0.39 is 10.0 Å². The van der Waals surface area contributed by atoms with Gasteiger partial charge in [-0.2, -0.15) is 0 Å². The van der Waals surface area contributed by atoms with E-state index in [4.69, 9.17) is 0 Å². The predicted molar refractivity (Wildman–Crippen MR) is 103 cm³/mol. The van der Waals surface area contributed by atoms with Crippen molar-refractivity contribution in [1.82, 2.24) is 4.72 Å². The Hall–Kier alpha value is -2.18. The van der Waals surface area contributed by atoms with Crippen molar-refractivity contribution < 1.29 is 13.2 Å². The Balaban J connectivity index is 1.49. The Morgan fingerprint density at radius 1 is 0.962 bits per heavy atom. The van der Waals surface area contributed by atoms with E-state index in [-0.39, 0.29) is 10.8 Å². The van der Waals surface area contributed by atoms with Gasteiger partial charge in [-0.25, -0.2) is 13.1 Å². The lowest BCUT2D eigenvalue weighted by molar-refractivity contribution is -0.117. The zero-order valence-electron chi connectivity index (χ0n) is 14.7. The van der Waals surface area contributed by atoms with Crippen LogP contribution in [0.25, 0.3) is 0 Å². The second-order valence-electron chi connectivity index (χ2n) is 6.48. The van der Waals surface area contributed by atoms with Crippen molar-refractivity contribution in [1.29, 1.82) is 0 Å². The molecule has 0 saturated carbocycles. The summed E-state index contributed by atoms with van der Waals surface area (Å²) < 4.78 is 27.4. The first kappa shape index (κ1) is 18.6. The molecule has 0 unspecified atom stereocenters. The Kier molecular flexibility index (Phi) is 6.06. The first-order valence-electron chi connectivity index (χ1n) is 9.00. The molecule has 0 bridgehead atoms. The Morgan fingerprint density at radius 3 is 2.35 bits per heavy atom. The topological polar surface area (TPSA) is 66.5 Å². The van der Waals surface area contributed by atoms with E-state index in [1.807, 2.05) is 18.2 Å². The minimum absolute atomic E-state index is 0.0946. The van der Waals surface area contributed by atoms with E-state index >= 15 is 0 Å². The van der Waals surface area contributed by atoms with Crippen LogP contribution in [0.15, 0.2) is 59.5 Å².